The summed E-state index contributed by atoms with van der Waals surface area (Å²) in [5, 5.41) is 8.00. The fourth-order valence-corrected chi connectivity index (χ4v) is 2.46. The molecule has 3 N–H and O–H groups in total. The van der Waals surface area contributed by atoms with Crippen LogP contribution in [0.2, 0.25) is 0 Å². The Bertz CT molecular complexity index is 863. The molecular weight excluding hydrogens is 361 g/mol. The molecule has 28 heavy (non-hydrogen) atoms. The van der Waals surface area contributed by atoms with Crippen molar-refractivity contribution in [3.8, 4) is 0 Å². The van der Waals surface area contributed by atoms with E-state index in [1.54, 1.807) is 42.5 Å². The van der Waals surface area contributed by atoms with Gasteiger partial charge in [-0.05, 0) is 56.2 Å². The molecule has 0 heterocycles. The Kier molecular flexibility index (Phi) is 6.87. The molecule has 0 aliphatic rings. The van der Waals surface area contributed by atoms with Crippen molar-refractivity contribution < 1.29 is 18.8 Å². The smallest absolute Gasteiger partial charge is 0.239 e. The maximum atomic E-state index is 13.6. The molecule has 0 saturated carbocycles. The summed E-state index contributed by atoms with van der Waals surface area (Å²) in [6, 6.07) is 12.9. The molecule has 7 heteroatoms. The number of carbonyl (C=O) groups excluding carboxylic acids is 3. The number of hydrogen-bond acceptors (Lipinski definition) is 3. The fraction of sp³-hybridized carbons (Fsp3) is 0.286. The molecule has 0 atom stereocenters. The first kappa shape index (κ1) is 21.1. The van der Waals surface area contributed by atoms with E-state index in [0.717, 1.165) is 0 Å². The third-order valence-electron chi connectivity index (χ3n) is 4.24. The molecule has 0 fully saturated rings. The van der Waals surface area contributed by atoms with Crippen LogP contribution < -0.4 is 16.0 Å². The molecule has 148 valence electrons. The monoisotopic (exact) mass is 385 g/mol. The van der Waals surface area contributed by atoms with Gasteiger partial charge in [0, 0.05) is 24.8 Å². The predicted molar refractivity (Wildman–Crippen MR) is 106 cm³/mol. The van der Waals surface area contributed by atoms with E-state index in [1.165, 1.54) is 26.8 Å². The third kappa shape index (κ3) is 5.64. The second kappa shape index (κ2) is 9.12. The zero-order valence-corrected chi connectivity index (χ0v) is 16.1. The van der Waals surface area contributed by atoms with Crippen LogP contribution in [0.3, 0.4) is 0 Å². The van der Waals surface area contributed by atoms with Crippen molar-refractivity contribution >= 4 is 29.1 Å². The van der Waals surface area contributed by atoms with E-state index < -0.39 is 17.2 Å². The molecular formula is C21H24FN3O3. The molecule has 0 saturated heterocycles. The topological polar surface area (TPSA) is 87.3 Å². The zero-order valence-electron chi connectivity index (χ0n) is 16.1. The van der Waals surface area contributed by atoms with Crippen LogP contribution in [0.25, 0.3) is 0 Å². The fourth-order valence-electron chi connectivity index (χ4n) is 2.46. The molecule has 0 aliphatic heterocycles. The van der Waals surface area contributed by atoms with Gasteiger partial charge in [-0.1, -0.05) is 18.2 Å². The van der Waals surface area contributed by atoms with Crippen LogP contribution >= 0.6 is 0 Å². The zero-order chi connectivity index (χ0) is 20.7. The highest BCUT2D eigenvalue weighted by Gasteiger charge is 2.35. The molecule has 2 rings (SSSR count). The van der Waals surface area contributed by atoms with Crippen LogP contribution in [-0.2, 0) is 20.8 Å². The van der Waals surface area contributed by atoms with Crippen molar-refractivity contribution in [2.45, 2.75) is 27.2 Å². The minimum atomic E-state index is -1.31. The molecule has 2 aromatic carbocycles. The largest absolute Gasteiger partial charge is 0.355 e. The lowest BCUT2D eigenvalue weighted by molar-refractivity contribution is -0.138. The van der Waals surface area contributed by atoms with E-state index in [2.05, 4.69) is 16.0 Å². The number of amides is 3. The summed E-state index contributed by atoms with van der Waals surface area (Å²) in [5.41, 5.74) is 0.303. The summed E-state index contributed by atoms with van der Waals surface area (Å²) in [5.74, 6) is -1.43. The lowest BCUT2D eigenvalue weighted by Gasteiger charge is -2.23. The summed E-state index contributed by atoms with van der Waals surface area (Å²) < 4.78 is 13.6. The van der Waals surface area contributed by atoms with Crippen LogP contribution in [0, 0.1) is 11.2 Å². The van der Waals surface area contributed by atoms with E-state index in [9.17, 15) is 18.8 Å². The number of anilines is 2. The Morgan fingerprint density at radius 2 is 1.46 bits per heavy atom. The Morgan fingerprint density at radius 3 is 2.04 bits per heavy atom. The summed E-state index contributed by atoms with van der Waals surface area (Å²) >= 11 is 0. The maximum absolute atomic E-state index is 13.6. The Labute approximate surface area is 163 Å². The number of halogens is 1. The summed E-state index contributed by atoms with van der Waals surface area (Å²) in [7, 11) is 0. The van der Waals surface area contributed by atoms with Gasteiger partial charge in [0.25, 0.3) is 0 Å². The van der Waals surface area contributed by atoms with Gasteiger partial charge in [0.2, 0.25) is 17.7 Å². The second-order valence-corrected chi connectivity index (χ2v) is 6.93. The number of benzene rings is 2. The van der Waals surface area contributed by atoms with Crippen molar-refractivity contribution in [1.82, 2.24) is 5.32 Å². The van der Waals surface area contributed by atoms with Crippen molar-refractivity contribution in [3.05, 3.63) is 59.9 Å². The van der Waals surface area contributed by atoms with Crippen molar-refractivity contribution in [3.63, 3.8) is 0 Å². The Morgan fingerprint density at radius 1 is 0.893 bits per heavy atom. The van der Waals surface area contributed by atoms with Gasteiger partial charge in [-0.2, -0.15) is 0 Å². The third-order valence-corrected chi connectivity index (χ3v) is 4.24. The Balaban J connectivity index is 1.90. The van der Waals surface area contributed by atoms with Gasteiger partial charge in [-0.25, -0.2) is 4.39 Å². The highest BCUT2D eigenvalue weighted by Crippen LogP contribution is 2.20. The van der Waals surface area contributed by atoms with Gasteiger partial charge in [0.05, 0.1) is 0 Å². The molecule has 0 spiro atoms. The van der Waals surface area contributed by atoms with Gasteiger partial charge in [-0.15, -0.1) is 0 Å². The minimum absolute atomic E-state index is 0.190. The van der Waals surface area contributed by atoms with Crippen molar-refractivity contribution in [2.24, 2.45) is 5.41 Å². The number of carbonyl (C=O) groups is 3. The quantitative estimate of drug-likeness (QED) is 0.640. The average Bonchev–Trinajstić information content (AvgIpc) is 2.64. The van der Waals surface area contributed by atoms with Crippen molar-refractivity contribution in [1.29, 1.82) is 0 Å². The van der Waals surface area contributed by atoms with Gasteiger partial charge < -0.3 is 16.0 Å². The van der Waals surface area contributed by atoms with Crippen LogP contribution in [0.5, 0.6) is 0 Å². The van der Waals surface area contributed by atoms with E-state index in [-0.39, 0.29) is 18.3 Å². The highest BCUT2D eigenvalue weighted by atomic mass is 19.1. The van der Waals surface area contributed by atoms with E-state index in [1.807, 2.05) is 0 Å². The summed E-state index contributed by atoms with van der Waals surface area (Å²) in [6.45, 7) is 4.67. The standard InChI is InChI=1S/C21H24FN3O3/c1-14(26)24-16-8-10-17(11-9-16)25-20(28)21(2,3)19(27)23-13-12-15-6-4-5-7-18(15)22/h4-11H,12-13H2,1-3H3,(H,23,27)(H,24,26)(H,25,28). The van der Waals surface area contributed by atoms with Gasteiger partial charge >= 0.3 is 0 Å². The van der Waals surface area contributed by atoms with Crippen molar-refractivity contribution in [2.75, 3.05) is 17.2 Å². The second-order valence-electron chi connectivity index (χ2n) is 6.93. The summed E-state index contributed by atoms with van der Waals surface area (Å²) in [4.78, 5) is 36.0. The molecule has 0 unspecified atom stereocenters. The van der Waals surface area contributed by atoms with E-state index in [4.69, 9.17) is 0 Å². The number of rotatable bonds is 7. The maximum Gasteiger partial charge on any atom is 0.239 e. The van der Waals surface area contributed by atoms with Gasteiger partial charge in [0.1, 0.15) is 11.2 Å². The predicted octanol–water partition coefficient (Wildman–Crippen LogP) is 3.11. The number of nitrogens with one attached hydrogen (secondary N) is 3. The normalized spacial score (nSPS) is 10.9. The molecule has 3 amide bonds. The molecule has 0 aliphatic carbocycles. The van der Waals surface area contributed by atoms with Gasteiger partial charge in [-0.3, -0.25) is 14.4 Å². The lowest BCUT2D eigenvalue weighted by atomic mass is 9.90. The van der Waals surface area contributed by atoms with Gasteiger partial charge in [0.15, 0.2) is 0 Å². The molecule has 0 aromatic heterocycles. The van der Waals surface area contributed by atoms with E-state index in [0.29, 0.717) is 23.4 Å². The molecule has 0 bridgehead atoms. The minimum Gasteiger partial charge on any atom is -0.355 e. The molecule has 6 nitrogen and oxygen atoms in total. The number of hydrogen-bond donors (Lipinski definition) is 3. The SMILES string of the molecule is CC(=O)Nc1ccc(NC(=O)C(C)(C)C(=O)NCCc2ccccc2F)cc1. The van der Waals surface area contributed by atoms with Crippen LogP contribution in [0.1, 0.15) is 26.3 Å². The van der Waals surface area contributed by atoms with Crippen LogP contribution in [0.15, 0.2) is 48.5 Å². The van der Waals surface area contributed by atoms with Crippen LogP contribution in [-0.4, -0.2) is 24.3 Å². The lowest BCUT2D eigenvalue weighted by Crippen LogP contribution is -2.45. The first-order chi connectivity index (χ1) is 13.2. The summed E-state index contributed by atoms with van der Waals surface area (Å²) in [6.07, 6.45) is 0.334. The highest BCUT2D eigenvalue weighted by molar-refractivity contribution is 6.09. The first-order valence-electron chi connectivity index (χ1n) is 8.91. The molecule has 0 radical (unpaired) electrons. The average molecular weight is 385 g/mol. The molecule has 2 aromatic rings. The first-order valence-corrected chi connectivity index (χ1v) is 8.91. The van der Waals surface area contributed by atoms with Crippen LogP contribution in [0.4, 0.5) is 15.8 Å². The van der Waals surface area contributed by atoms with E-state index >= 15 is 0 Å². The Hall–Kier alpha value is -3.22.